The molecule has 0 aromatic carbocycles. The lowest BCUT2D eigenvalue weighted by molar-refractivity contribution is 0.0829. The number of nitrogens with two attached hydrogens (primary N) is 1. The normalized spacial score (nSPS) is 29.9. The molecule has 5 heteroatoms. The number of hydrogen-bond acceptors (Lipinski definition) is 4. The van der Waals surface area contributed by atoms with Crippen molar-refractivity contribution in [2.24, 2.45) is 5.73 Å². The molecule has 1 rings (SSSR count). The van der Waals surface area contributed by atoms with Gasteiger partial charge in [-0.1, -0.05) is 6.08 Å². The molecule has 0 bridgehead atoms. The van der Waals surface area contributed by atoms with Gasteiger partial charge >= 0.3 is 6.16 Å². The molecule has 0 heterocycles. The lowest BCUT2D eigenvalue weighted by Crippen LogP contribution is -2.24. The summed E-state index contributed by atoms with van der Waals surface area (Å²) in [5.74, 6) is 0. The molecule has 4 nitrogen and oxygen atoms in total. The second-order valence-corrected chi connectivity index (χ2v) is 3.77. The molecule has 0 aliphatic heterocycles. The van der Waals surface area contributed by atoms with Crippen LogP contribution in [0.25, 0.3) is 0 Å². The van der Waals surface area contributed by atoms with Gasteiger partial charge < -0.3 is 13.5 Å². The third-order valence-corrected chi connectivity index (χ3v) is 2.55. The van der Waals surface area contributed by atoms with E-state index in [2.05, 4.69) is 3.07 Å². The average molecular weight is 311 g/mol. The van der Waals surface area contributed by atoms with Crippen molar-refractivity contribution >= 4 is 29.2 Å². The molecule has 0 aromatic rings. The molecule has 2 unspecified atom stereocenters. The Hall–Kier alpha value is -0.300. The Morgan fingerprint density at radius 3 is 2.93 bits per heavy atom. The highest BCUT2D eigenvalue weighted by molar-refractivity contribution is 14.1. The predicted molar refractivity (Wildman–Crippen MR) is 61.0 cm³/mol. The number of carbonyl (C=O) groups is 1. The SMILES string of the molecule is NC1CC/C=C/C(OC(=O)OI)CC1. The summed E-state index contributed by atoms with van der Waals surface area (Å²) in [7, 11) is 0. The van der Waals surface area contributed by atoms with E-state index in [1.165, 1.54) is 23.0 Å². The maximum absolute atomic E-state index is 10.8. The van der Waals surface area contributed by atoms with Crippen LogP contribution >= 0.6 is 23.0 Å². The number of halogens is 1. The summed E-state index contributed by atoms with van der Waals surface area (Å²) in [5, 5.41) is 0. The molecule has 14 heavy (non-hydrogen) atoms. The summed E-state index contributed by atoms with van der Waals surface area (Å²) in [6.45, 7) is 0. The van der Waals surface area contributed by atoms with Gasteiger partial charge in [-0.2, -0.15) is 0 Å². The molecule has 1 aliphatic rings. The number of rotatable bonds is 1. The van der Waals surface area contributed by atoms with Gasteiger partial charge in [0.1, 0.15) is 6.10 Å². The molecular weight excluding hydrogens is 297 g/mol. The average Bonchev–Trinajstić information content (AvgIpc) is 2.16. The first-order valence-corrected chi connectivity index (χ1v) is 5.52. The van der Waals surface area contributed by atoms with E-state index in [9.17, 15) is 4.79 Å². The molecule has 2 N–H and O–H groups in total. The minimum Gasteiger partial charge on any atom is -0.426 e. The fourth-order valence-corrected chi connectivity index (χ4v) is 1.52. The number of hydrogen-bond donors (Lipinski definition) is 1. The summed E-state index contributed by atoms with van der Waals surface area (Å²) < 4.78 is 9.41. The maximum Gasteiger partial charge on any atom is 0.518 e. The van der Waals surface area contributed by atoms with Crippen LogP contribution in [0.1, 0.15) is 25.7 Å². The van der Waals surface area contributed by atoms with E-state index in [4.69, 9.17) is 10.5 Å². The molecular formula is C9H14INO3. The third kappa shape index (κ3) is 4.28. The van der Waals surface area contributed by atoms with Gasteiger partial charge in [0.15, 0.2) is 23.0 Å². The van der Waals surface area contributed by atoms with E-state index in [1.54, 1.807) is 0 Å². The Balaban J connectivity index is 2.42. The molecule has 80 valence electrons. The fraction of sp³-hybridized carbons (Fsp3) is 0.667. The first kappa shape index (κ1) is 11.8. The summed E-state index contributed by atoms with van der Waals surface area (Å²) >= 11 is 1.51. The van der Waals surface area contributed by atoms with Crippen molar-refractivity contribution in [3.63, 3.8) is 0 Å². The van der Waals surface area contributed by atoms with Crippen LogP contribution in [0, 0.1) is 0 Å². The highest BCUT2D eigenvalue weighted by Crippen LogP contribution is 2.14. The van der Waals surface area contributed by atoms with Gasteiger partial charge in [0.05, 0.1) is 0 Å². The second-order valence-electron chi connectivity index (χ2n) is 3.33. The van der Waals surface area contributed by atoms with Crippen LogP contribution in [0.5, 0.6) is 0 Å². The van der Waals surface area contributed by atoms with Gasteiger partial charge in [-0.15, -0.1) is 0 Å². The Labute approximate surface area is 97.5 Å². The summed E-state index contributed by atoms with van der Waals surface area (Å²) in [5.41, 5.74) is 5.82. The van der Waals surface area contributed by atoms with Crippen LogP contribution in [0.2, 0.25) is 0 Å². The number of allylic oxidation sites excluding steroid dienone is 1. The molecule has 0 saturated heterocycles. The molecule has 0 amide bonds. The molecule has 0 saturated carbocycles. The van der Waals surface area contributed by atoms with Gasteiger partial charge in [0.25, 0.3) is 0 Å². The van der Waals surface area contributed by atoms with Crippen molar-refractivity contribution in [2.75, 3.05) is 0 Å². The third-order valence-electron chi connectivity index (χ3n) is 2.19. The van der Waals surface area contributed by atoms with E-state index in [0.717, 1.165) is 25.7 Å². The van der Waals surface area contributed by atoms with Gasteiger partial charge in [-0.05, 0) is 31.8 Å². The van der Waals surface area contributed by atoms with Gasteiger partial charge in [0.2, 0.25) is 0 Å². The molecule has 2 atom stereocenters. The van der Waals surface area contributed by atoms with Gasteiger partial charge in [-0.25, -0.2) is 4.79 Å². The second kappa shape index (κ2) is 6.23. The van der Waals surface area contributed by atoms with Crippen LogP contribution in [0.15, 0.2) is 12.2 Å². The van der Waals surface area contributed by atoms with Crippen molar-refractivity contribution in [1.29, 1.82) is 0 Å². The lowest BCUT2D eigenvalue weighted by Gasteiger charge is -2.18. The van der Waals surface area contributed by atoms with E-state index in [1.807, 2.05) is 12.2 Å². The van der Waals surface area contributed by atoms with Crippen LogP contribution in [-0.4, -0.2) is 18.3 Å². The van der Waals surface area contributed by atoms with E-state index in [0.29, 0.717) is 0 Å². The van der Waals surface area contributed by atoms with E-state index >= 15 is 0 Å². The Kier molecular flexibility index (Phi) is 5.24. The molecule has 0 spiro atoms. The minimum absolute atomic E-state index is 0.191. The maximum atomic E-state index is 10.8. The minimum atomic E-state index is -0.644. The monoisotopic (exact) mass is 311 g/mol. The first-order valence-electron chi connectivity index (χ1n) is 4.64. The van der Waals surface area contributed by atoms with Crippen LogP contribution < -0.4 is 5.73 Å². The Morgan fingerprint density at radius 2 is 2.21 bits per heavy atom. The van der Waals surface area contributed by atoms with Gasteiger partial charge in [0, 0.05) is 6.04 Å². The van der Waals surface area contributed by atoms with Crippen molar-refractivity contribution in [3.8, 4) is 0 Å². The zero-order valence-electron chi connectivity index (χ0n) is 7.82. The van der Waals surface area contributed by atoms with Crippen molar-refractivity contribution in [1.82, 2.24) is 0 Å². The summed E-state index contributed by atoms with van der Waals surface area (Å²) in [6.07, 6.45) is 6.66. The molecule has 1 aliphatic carbocycles. The smallest absolute Gasteiger partial charge is 0.426 e. The zero-order chi connectivity index (χ0) is 10.4. The standard InChI is InChI=1S/C9H14INO3/c10-14-9(12)13-8-4-2-1-3-7(11)5-6-8/h2,4,7-8H,1,3,5-6,11H2/b4-2+. The van der Waals surface area contributed by atoms with Crippen LogP contribution in [0.3, 0.4) is 0 Å². The largest absolute Gasteiger partial charge is 0.518 e. The summed E-state index contributed by atoms with van der Waals surface area (Å²) in [6, 6.07) is 0.210. The first-order chi connectivity index (χ1) is 6.72. The lowest BCUT2D eigenvalue weighted by atomic mass is 10.0. The van der Waals surface area contributed by atoms with Crippen LogP contribution in [-0.2, 0) is 7.80 Å². The van der Waals surface area contributed by atoms with Crippen molar-refractivity contribution < 1.29 is 12.6 Å². The van der Waals surface area contributed by atoms with Crippen molar-refractivity contribution in [2.45, 2.75) is 37.8 Å². The quantitative estimate of drug-likeness (QED) is 0.459. The number of ether oxygens (including phenoxy) is 1. The molecule has 0 fully saturated rings. The topological polar surface area (TPSA) is 61.5 Å². The highest BCUT2D eigenvalue weighted by atomic mass is 127. The molecule has 0 aromatic heterocycles. The van der Waals surface area contributed by atoms with Gasteiger partial charge in [-0.3, -0.25) is 0 Å². The Morgan fingerprint density at radius 1 is 1.43 bits per heavy atom. The summed E-state index contributed by atoms with van der Waals surface area (Å²) in [4.78, 5) is 10.8. The Bertz CT molecular complexity index is 220. The van der Waals surface area contributed by atoms with E-state index in [-0.39, 0.29) is 12.1 Å². The zero-order valence-corrected chi connectivity index (χ0v) is 9.98. The predicted octanol–water partition coefficient (Wildman–Crippen LogP) is 2.32. The fourth-order valence-electron chi connectivity index (χ4n) is 1.42. The highest BCUT2D eigenvalue weighted by Gasteiger charge is 2.15. The van der Waals surface area contributed by atoms with Crippen molar-refractivity contribution in [3.05, 3.63) is 12.2 Å². The van der Waals surface area contributed by atoms with Crippen LogP contribution in [0.4, 0.5) is 4.79 Å². The number of carbonyl (C=O) groups excluding carboxylic acids is 1. The molecule has 0 radical (unpaired) electrons. The van der Waals surface area contributed by atoms with E-state index < -0.39 is 6.16 Å².